The third-order valence-electron chi connectivity index (χ3n) is 4.57. The molecule has 4 rings (SSSR count). The number of hydrogen-bond acceptors (Lipinski definition) is 5. The van der Waals surface area contributed by atoms with Crippen molar-refractivity contribution < 1.29 is 27.8 Å². The zero-order valence-electron chi connectivity index (χ0n) is 14.6. The number of aromatic nitrogens is 3. The Labute approximate surface area is 161 Å². The molecule has 11 heteroatoms. The number of benzene rings is 1. The summed E-state index contributed by atoms with van der Waals surface area (Å²) in [5.74, 6) is -0.585. The molecule has 0 unspecified atom stereocenters. The second-order valence-electron chi connectivity index (χ2n) is 6.39. The van der Waals surface area contributed by atoms with Crippen molar-refractivity contribution in [2.75, 3.05) is 13.1 Å². The highest BCUT2D eigenvalue weighted by Crippen LogP contribution is 2.34. The Bertz CT molecular complexity index is 1130. The van der Waals surface area contributed by atoms with Crippen LogP contribution in [0.4, 0.5) is 18.0 Å². The van der Waals surface area contributed by atoms with Gasteiger partial charge in [0.1, 0.15) is 11.8 Å². The topological polar surface area (TPSA) is 104 Å². The molecule has 3 heterocycles. The van der Waals surface area contributed by atoms with Crippen LogP contribution < -0.4 is 4.74 Å². The number of likely N-dealkylation sites (tertiary alicyclic amines) is 1. The molecule has 1 aliphatic heterocycles. The van der Waals surface area contributed by atoms with E-state index in [0.717, 1.165) is 12.1 Å². The van der Waals surface area contributed by atoms with Crippen LogP contribution in [-0.4, -0.2) is 50.3 Å². The second kappa shape index (κ2) is 6.66. The minimum Gasteiger partial charge on any atom is -0.465 e. The lowest BCUT2D eigenvalue weighted by Gasteiger charge is -2.36. The summed E-state index contributed by atoms with van der Waals surface area (Å²) in [6, 6.07) is 8.70. The summed E-state index contributed by atoms with van der Waals surface area (Å²) in [6.07, 6.45) is -4.39. The van der Waals surface area contributed by atoms with Gasteiger partial charge in [-0.1, -0.05) is 0 Å². The number of nitriles is 1. The third kappa shape index (κ3) is 3.40. The summed E-state index contributed by atoms with van der Waals surface area (Å²) in [5, 5.41) is 23.5. The van der Waals surface area contributed by atoms with Crippen LogP contribution in [0.5, 0.6) is 5.75 Å². The van der Waals surface area contributed by atoms with Gasteiger partial charge in [-0.05, 0) is 30.3 Å². The van der Waals surface area contributed by atoms with E-state index in [9.17, 15) is 23.2 Å². The second-order valence-corrected chi connectivity index (χ2v) is 6.39. The van der Waals surface area contributed by atoms with Crippen molar-refractivity contribution in [3.63, 3.8) is 0 Å². The summed E-state index contributed by atoms with van der Waals surface area (Å²) in [4.78, 5) is 16.5. The summed E-state index contributed by atoms with van der Waals surface area (Å²) < 4.78 is 42.4. The van der Waals surface area contributed by atoms with Crippen LogP contribution in [0.1, 0.15) is 17.2 Å². The van der Waals surface area contributed by atoms with E-state index in [1.54, 1.807) is 0 Å². The fourth-order valence-corrected chi connectivity index (χ4v) is 3.22. The van der Waals surface area contributed by atoms with Crippen molar-refractivity contribution in [3.05, 3.63) is 47.8 Å². The highest BCUT2D eigenvalue weighted by molar-refractivity contribution is 5.86. The Morgan fingerprint density at radius 3 is 2.52 bits per heavy atom. The maximum absolute atomic E-state index is 12.4. The molecule has 1 saturated heterocycles. The van der Waals surface area contributed by atoms with Crippen molar-refractivity contribution in [2.45, 2.75) is 12.3 Å². The number of carboxylic acid groups (broad SMARTS) is 1. The van der Waals surface area contributed by atoms with Gasteiger partial charge in [0, 0.05) is 25.2 Å². The van der Waals surface area contributed by atoms with Crippen molar-refractivity contribution >= 4 is 17.1 Å². The molecular weight excluding hydrogens is 391 g/mol. The number of halogens is 3. The zero-order valence-corrected chi connectivity index (χ0v) is 14.6. The van der Waals surface area contributed by atoms with Gasteiger partial charge in [0.2, 0.25) is 0 Å². The number of rotatable bonds is 3. The van der Waals surface area contributed by atoms with Crippen LogP contribution in [0.25, 0.3) is 16.7 Å². The van der Waals surface area contributed by atoms with Crippen LogP contribution in [0.3, 0.4) is 0 Å². The first kappa shape index (κ1) is 18.5. The van der Waals surface area contributed by atoms with Crippen LogP contribution in [0.2, 0.25) is 0 Å². The van der Waals surface area contributed by atoms with Crippen LogP contribution in [0.15, 0.2) is 36.5 Å². The number of pyridine rings is 1. The largest absolute Gasteiger partial charge is 0.573 e. The third-order valence-corrected chi connectivity index (χ3v) is 4.57. The van der Waals surface area contributed by atoms with Gasteiger partial charge >= 0.3 is 12.5 Å². The molecule has 8 nitrogen and oxygen atoms in total. The molecule has 0 spiro atoms. The van der Waals surface area contributed by atoms with E-state index in [4.69, 9.17) is 5.11 Å². The van der Waals surface area contributed by atoms with Gasteiger partial charge in [-0.3, -0.25) is 0 Å². The quantitative estimate of drug-likeness (QED) is 0.720. The smallest absolute Gasteiger partial charge is 0.465 e. The van der Waals surface area contributed by atoms with E-state index in [1.807, 2.05) is 0 Å². The maximum Gasteiger partial charge on any atom is 0.573 e. The van der Waals surface area contributed by atoms with Gasteiger partial charge in [0.05, 0.1) is 22.3 Å². The number of ether oxygens (including phenoxy) is 1. The van der Waals surface area contributed by atoms with Gasteiger partial charge in [-0.15, -0.1) is 13.2 Å². The molecule has 148 valence electrons. The molecular formula is C18H12F3N5O3. The Kier molecular flexibility index (Phi) is 4.26. The average Bonchev–Trinajstić information content (AvgIpc) is 2.99. The summed E-state index contributed by atoms with van der Waals surface area (Å²) in [5.41, 5.74) is 1.64. The number of nitrogens with zero attached hydrogens (tertiary/aromatic N) is 5. The zero-order chi connectivity index (χ0) is 20.8. The first-order chi connectivity index (χ1) is 13.8. The fraction of sp³-hybridized carbons (Fsp3) is 0.222. The fourth-order valence-electron chi connectivity index (χ4n) is 3.22. The Morgan fingerprint density at radius 1 is 1.24 bits per heavy atom. The van der Waals surface area contributed by atoms with Gasteiger partial charge < -0.3 is 14.7 Å². The van der Waals surface area contributed by atoms with Gasteiger partial charge in [-0.2, -0.15) is 10.4 Å². The first-order valence-corrected chi connectivity index (χ1v) is 8.38. The lowest BCUT2D eigenvalue weighted by Crippen LogP contribution is -2.48. The van der Waals surface area contributed by atoms with Gasteiger partial charge in [0.25, 0.3) is 0 Å². The molecule has 1 N–H and O–H groups in total. The SMILES string of the molecule is N#Cc1ccnc2c1c(C1CN(C(=O)O)C1)nn2-c1ccc(OC(F)(F)F)cc1. The van der Waals surface area contributed by atoms with Crippen LogP contribution >= 0.6 is 0 Å². The number of carbonyl (C=O) groups is 1. The number of fused-ring (bicyclic) bond motifs is 1. The highest BCUT2D eigenvalue weighted by atomic mass is 19.4. The Morgan fingerprint density at radius 2 is 1.93 bits per heavy atom. The lowest BCUT2D eigenvalue weighted by molar-refractivity contribution is -0.274. The van der Waals surface area contributed by atoms with E-state index >= 15 is 0 Å². The molecule has 0 saturated carbocycles. The molecule has 1 fully saturated rings. The monoisotopic (exact) mass is 403 g/mol. The van der Waals surface area contributed by atoms with Crippen molar-refractivity contribution in [1.29, 1.82) is 5.26 Å². The van der Waals surface area contributed by atoms with Crippen LogP contribution in [-0.2, 0) is 0 Å². The molecule has 3 aromatic rings. The molecule has 1 aliphatic rings. The van der Waals surface area contributed by atoms with E-state index in [-0.39, 0.29) is 24.8 Å². The highest BCUT2D eigenvalue weighted by Gasteiger charge is 2.36. The predicted molar refractivity (Wildman–Crippen MR) is 92.6 cm³/mol. The minimum atomic E-state index is -4.80. The van der Waals surface area contributed by atoms with E-state index in [0.29, 0.717) is 28.0 Å². The number of alkyl halides is 3. The first-order valence-electron chi connectivity index (χ1n) is 8.38. The van der Waals surface area contributed by atoms with Crippen LogP contribution in [0, 0.1) is 11.3 Å². The molecule has 1 amide bonds. The molecule has 29 heavy (non-hydrogen) atoms. The summed E-state index contributed by atoms with van der Waals surface area (Å²) in [7, 11) is 0. The maximum atomic E-state index is 12.4. The molecule has 0 atom stereocenters. The van der Waals surface area contributed by atoms with Crippen molar-refractivity contribution in [1.82, 2.24) is 19.7 Å². The van der Waals surface area contributed by atoms with Gasteiger partial charge in [0.15, 0.2) is 5.65 Å². The van der Waals surface area contributed by atoms with E-state index < -0.39 is 12.5 Å². The van der Waals surface area contributed by atoms with Gasteiger partial charge in [-0.25, -0.2) is 14.5 Å². The van der Waals surface area contributed by atoms with Crippen molar-refractivity contribution in [3.8, 4) is 17.5 Å². The average molecular weight is 403 g/mol. The molecule has 2 aromatic heterocycles. The van der Waals surface area contributed by atoms with E-state index in [2.05, 4.69) is 20.9 Å². The normalized spacial score (nSPS) is 14.5. The molecule has 0 bridgehead atoms. The molecule has 0 radical (unpaired) electrons. The summed E-state index contributed by atoms with van der Waals surface area (Å²) >= 11 is 0. The minimum absolute atomic E-state index is 0.209. The van der Waals surface area contributed by atoms with E-state index in [1.165, 1.54) is 34.0 Å². The molecule has 0 aliphatic carbocycles. The Balaban J connectivity index is 1.76. The van der Waals surface area contributed by atoms with Crippen molar-refractivity contribution in [2.24, 2.45) is 0 Å². The molecule has 1 aromatic carbocycles. The number of amides is 1. The standard InChI is InChI=1S/C18H12F3N5O3/c19-18(20,21)29-13-3-1-12(2-4-13)26-16-14(10(7-22)5-6-23-16)15(24-26)11-8-25(9-11)17(27)28/h1-6,11H,8-9H2,(H,27,28). The predicted octanol–water partition coefficient (Wildman–Crippen LogP) is 3.27. The number of hydrogen-bond donors (Lipinski definition) is 1. The Hall–Kier alpha value is -3.81. The lowest BCUT2D eigenvalue weighted by atomic mass is 9.94. The summed E-state index contributed by atoms with van der Waals surface area (Å²) in [6.45, 7) is 0.471.